The minimum absolute atomic E-state index is 0.287. The molecule has 0 spiro atoms. The lowest BCUT2D eigenvalue weighted by Crippen LogP contribution is -2.45. The van der Waals surface area contributed by atoms with E-state index in [2.05, 4.69) is 16.0 Å². The van der Waals surface area contributed by atoms with Crippen molar-refractivity contribution in [2.75, 3.05) is 5.32 Å². The second-order valence-electron chi connectivity index (χ2n) is 6.04. The first kappa shape index (κ1) is 18.4. The van der Waals surface area contributed by atoms with Crippen molar-refractivity contribution < 1.29 is 9.18 Å². The van der Waals surface area contributed by atoms with Crippen molar-refractivity contribution in [1.29, 1.82) is 0 Å². The number of nitrogens with one attached hydrogen (secondary N) is 3. The zero-order valence-corrected chi connectivity index (χ0v) is 15.8. The summed E-state index contributed by atoms with van der Waals surface area (Å²) in [5, 5.41) is 9.89. The maximum absolute atomic E-state index is 13.3. The van der Waals surface area contributed by atoms with Crippen LogP contribution in [0.15, 0.2) is 53.7 Å². The number of hydrogen-bond acceptors (Lipinski definition) is 2. The minimum atomic E-state index is -0.483. The molecule has 2 aromatic carbocycles. The highest BCUT2D eigenvalue weighted by Gasteiger charge is 2.30. The van der Waals surface area contributed by atoms with Crippen LogP contribution in [0.25, 0.3) is 0 Å². The third-order valence-corrected chi connectivity index (χ3v) is 4.62. The molecule has 134 valence electrons. The molecule has 0 radical (unpaired) electrons. The van der Waals surface area contributed by atoms with Crippen molar-refractivity contribution in [2.24, 2.45) is 0 Å². The Bertz CT molecular complexity index is 912. The number of amides is 1. The van der Waals surface area contributed by atoms with E-state index in [1.807, 2.05) is 13.0 Å². The Morgan fingerprint density at radius 3 is 2.58 bits per heavy atom. The minimum Gasteiger partial charge on any atom is -0.351 e. The number of allylic oxidation sites excluding steroid dienone is 1. The maximum Gasteiger partial charge on any atom is 0.255 e. The Morgan fingerprint density at radius 1 is 1.19 bits per heavy atom. The van der Waals surface area contributed by atoms with Gasteiger partial charge in [-0.15, -0.1) is 0 Å². The summed E-state index contributed by atoms with van der Waals surface area (Å²) < 4.78 is 13.3. The van der Waals surface area contributed by atoms with Crippen LogP contribution in [-0.4, -0.2) is 11.0 Å². The molecule has 4 nitrogen and oxygen atoms in total. The zero-order chi connectivity index (χ0) is 18.8. The summed E-state index contributed by atoms with van der Waals surface area (Å²) in [5.74, 6) is -0.629. The Morgan fingerprint density at radius 2 is 1.88 bits per heavy atom. The van der Waals surface area contributed by atoms with E-state index in [4.69, 9.17) is 23.8 Å². The first-order valence-electron chi connectivity index (χ1n) is 7.96. The van der Waals surface area contributed by atoms with Gasteiger partial charge in [0.05, 0.1) is 11.6 Å². The molecule has 1 aliphatic rings. The van der Waals surface area contributed by atoms with Gasteiger partial charge in [-0.25, -0.2) is 4.39 Å². The lowest BCUT2D eigenvalue weighted by Gasteiger charge is -2.30. The van der Waals surface area contributed by atoms with Gasteiger partial charge < -0.3 is 16.0 Å². The number of hydrogen-bond donors (Lipinski definition) is 3. The maximum atomic E-state index is 13.3. The van der Waals surface area contributed by atoms with Crippen molar-refractivity contribution in [3.05, 3.63) is 75.7 Å². The molecule has 0 bridgehead atoms. The molecule has 0 aliphatic carbocycles. The molecule has 3 N–H and O–H groups in total. The van der Waals surface area contributed by atoms with E-state index in [0.29, 0.717) is 27.1 Å². The highest BCUT2D eigenvalue weighted by atomic mass is 35.5. The number of anilines is 1. The van der Waals surface area contributed by atoms with Gasteiger partial charge in [0, 0.05) is 16.4 Å². The molecule has 26 heavy (non-hydrogen) atoms. The van der Waals surface area contributed by atoms with Crippen LogP contribution < -0.4 is 16.0 Å². The van der Waals surface area contributed by atoms with Gasteiger partial charge in [0.2, 0.25) is 0 Å². The average molecular weight is 390 g/mol. The predicted molar refractivity (Wildman–Crippen MR) is 106 cm³/mol. The van der Waals surface area contributed by atoms with Crippen molar-refractivity contribution in [3.63, 3.8) is 0 Å². The van der Waals surface area contributed by atoms with E-state index in [1.165, 1.54) is 12.1 Å². The second-order valence-corrected chi connectivity index (χ2v) is 6.88. The number of halogens is 2. The number of aryl methyl sites for hydroxylation is 1. The molecule has 1 atom stereocenters. The normalized spacial score (nSPS) is 16.8. The monoisotopic (exact) mass is 389 g/mol. The molecule has 0 fully saturated rings. The number of rotatable bonds is 3. The summed E-state index contributed by atoms with van der Waals surface area (Å²) in [6.07, 6.45) is 0. The molecule has 3 rings (SSSR count). The molecule has 1 heterocycles. The van der Waals surface area contributed by atoms with Crippen LogP contribution in [0.3, 0.4) is 0 Å². The van der Waals surface area contributed by atoms with Gasteiger partial charge in [-0.05, 0) is 61.5 Å². The van der Waals surface area contributed by atoms with E-state index in [-0.39, 0.29) is 11.7 Å². The van der Waals surface area contributed by atoms with Crippen molar-refractivity contribution in [3.8, 4) is 0 Å². The van der Waals surface area contributed by atoms with Gasteiger partial charge in [-0.3, -0.25) is 4.79 Å². The topological polar surface area (TPSA) is 53.2 Å². The van der Waals surface area contributed by atoms with Gasteiger partial charge in [0.25, 0.3) is 5.91 Å². The molecular formula is C19H17ClFN3OS. The van der Waals surface area contributed by atoms with Gasteiger partial charge >= 0.3 is 0 Å². The molecule has 2 aromatic rings. The summed E-state index contributed by atoms with van der Waals surface area (Å²) in [4.78, 5) is 13.0. The molecule has 1 aliphatic heterocycles. The Kier molecular flexibility index (Phi) is 5.25. The van der Waals surface area contributed by atoms with E-state index in [9.17, 15) is 9.18 Å². The van der Waals surface area contributed by atoms with Gasteiger partial charge in [0.1, 0.15) is 5.82 Å². The van der Waals surface area contributed by atoms with E-state index in [1.54, 1.807) is 31.2 Å². The molecule has 0 unspecified atom stereocenters. The SMILES string of the molecule is CC1=C(C(=O)Nc2cc(Cl)ccc2C)[C@@H](c2ccc(F)cc2)NC(=S)N1. The summed E-state index contributed by atoms with van der Waals surface area (Å²) in [7, 11) is 0. The van der Waals surface area contributed by atoms with Crippen LogP contribution >= 0.6 is 23.8 Å². The smallest absolute Gasteiger partial charge is 0.255 e. The van der Waals surface area contributed by atoms with Crippen LogP contribution in [-0.2, 0) is 4.79 Å². The number of carbonyl (C=O) groups excluding carboxylic acids is 1. The van der Waals surface area contributed by atoms with Gasteiger partial charge in [-0.2, -0.15) is 0 Å². The molecule has 0 aromatic heterocycles. The van der Waals surface area contributed by atoms with Crippen molar-refractivity contribution in [2.45, 2.75) is 19.9 Å². The Balaban J connectivity index is 1.96. The summed E-state index contributed by atoms with van der Waals surface area (Å²) in [6.45, 7) is 3.67. The first-order chi connectivity index (χ1) is 12.3. The number of thiocarbonyl (C=S) groups is 1. The summed E-state index contributed by atoms with van der Waals surface area (Å²) >= 11 is 11.2. The molecule has 7 heteroatoms. The fourth-order valence-electron chi connectivity index (χ4n) is 2.82. The van der Waals surface area contributed by atoms with Crippen LogP contribution in [0.4, 0.5) is 10.1 Å². The molecule has 0 saturated carbocycles. The lowest BCUT2D eigenvalue weighted by molar-refractivity contribution is -0.113. The number of carbonyl (C=O) groups is 1. The third-order valence-electron chi connectivity index (χ3n) is 4.16. The van der Waals surface area contributed by atoms with Crippen LogP contribution in [0.5, 0.6) is 0 Å². The number of benzene rings is 2. The van der Waals surface area contributed by atoms with Crippen molar-refractivity contribution >= 4 is 40.5 Å². The first-order valence-corrected chi connectivity index (χ1v) is 8.75. The molecule has 1 amide bonds. The Labute approximate surface area is 161 Å². The zero-order valence-electron chi connectivity index (χ0n) is 14.2. The largest absolute Gasteiger partial charge is 0.351 e. The highest BCUT2D eigenvalue weighted by Crippen LogP contribution is 2.29. The summed E-state index contributed by atoms with van der Waals surface area (Å²) in [5.41, 5.74) is 3.38. The van der Waals surface area contributed by atoms with Crippen LogP contribution in [0.1, 0.15) is 24.1 Å². The second kappa shape index (κ2) is 7.43. The van der Waals surface area contributed by atoms with E-state index in [0.717, 1.165) is 11.1 Å². The third kappa shape index (κ3) is 3.86. The fourth-order valence-corrected chi connectivity index (χ4v) is 3.26. The van der Waals surface area contributed by atoms with Crippen LogP contribution in [0.2, 0.25) is 5.02 Å². The van der Waals surface area contributed by atoms with Gasteiger partial charge in [0.15, 0.2) is 5.11 Å². The average Bonchev–Trinajstić information content (AvgIpc) is 2.58. The van der Waals surface area contributed by atoms with E-state index >= 15 is 0 Å². The lowest BCUT2D eigenvalue weighted by atomic mass is 9.95. The predicted octanol–water partition coefficient (Wildman–Crippen LogP) is 4.22. The fraction of sp³-hybridized carbons (Fsp3) is 0.158. The van der Waals surface area contributed by atoms with Crippen LogP contribution in [0, 0.1) is 12.7 Å². The standard InChI is InChI=1S/C19H17ClFN3OS/c1-10-3-6-13(20)9-15(10)23-18(25)16-11(2)22-19(26)24-17(16)12-4-7-14(21)8-5-12/h3-9,17H,1-2H3,(H,23,25)(H2,22,24,26)/t17-/m1/s1. The molecule has 0 saturated heterocycles. The Hall–Kier alpha value is -2.44. The van der Waals surface area contributed by atoms with E-state index < -0.39 is 6.04 Å². The molecular weight excluding hydrogens is 373 g/mol. The van der Waals surface area contributed by atoms with Gasteiger partial charge in [-0.1, -0.05) is 29.8 Å². The van der Waals surface area contributed by atoms with Crippen molar-refractivity contribution in [1.82, 2.24) is 10.6 Å². The highest BCUT2D eigenvalue weighted by molar-refractivity contribution is 7.80. The quantitative estimate of drug-likeness (QED) is 0.688. The summed E-state index contributed by atoms with van der Waals surface area (Å²) in [6, 6.07) is 10.8.